The number of amides is 1. The van der Waals surface area contributed by atoms with Gasteiger partial charge in [0.15, 0.2) is 0 Å². The summed E-state index contributed by atoms with van der Waals surface area (Å²) in [7, 11) is 0. The number of aromatic nitrogens is 1. The van der Waals surface area contributed by atoms with Crippen molar-refractivity contribution in [2.45, 2.75) is 51.6 Å². The second kappa shape index (κ2) is 8.37. The van der Waals surface area contributed by atoms with Gasteiger partial charge in [-0.15, -0.1) is 0 Å². The van der Waals surface area contributed by atoms with Crippen molar-refractivity contribution in [2.75, 3.05) is 31.5 Å². The summed E-state index contributed by atoms with van der Waals surface area (Å²) >= 11 is 5.82. The van der Waals surface area contributed by atoms with E-state index in [1.165, 1.54) is 0 Å². The number of hydrogen-bond donors (Lipinski definition) is 1. The quantitative estimate of drug-likeness (QED) is 0.833. The van der Waals surface area contributed by atoms with Crippen molar-refractivity contribution < 1.29 is 4.79 Å². The van der Waals surface area contributed by atoms with Crippen LogP contribution in [0.4, 0.5) is 5.69 Å². The monoisotopic (exact) mass is 364 g/mol. The van der Waals surface area contributed by atoms with Crippen LogP contribution in [0.1, 0.15) is 39.5 Å². The van der Waals surface area contributed by atoms with Crippen molar-refractivity contribution in [2.24, 2.45) is 5.92 Å². The molecule has 3 rings (SSSR count). The maximum absolute atomic E-state index is 12.8. The normalized spacial score (nSPS) is 25.2. The van der Waals surface area contributed by atoms with E-state index in [9.17, 15) is 4.79 Å². The fraction of sp³-hybridized carbons (Fsp3) is 0.684. The van der Waals surface area contributed by atoms with Gasteiger partial charge in [0.2, 0.25) is 5.91 Å². The summed E-state index contributed by atoms with van der Waals surface area (Å²) in [5, 5.41) is 4.02. The molecule has 2 heterocycles. The predicted octanol–water partition coefficient (Wildman–Crippen LogP) is 3.26. The molecule has 1 aromatic heterocycles. The lowest BCUT2D eigenvalue weighted by atomic mass is 9.85. The van der Waals surface area contributed by atoms with Crippen LogP contribution in [0.5, 0.6) is 0 Å². The number of piperazine rings is 1. The molecule has 0 spiro atoms. The Hall–Kier alpha value is -1.33. The third-order valence-corrected chi connectivity index (χ3v) is 5.75. The molecule has 5 nitrogen and oxygen atoms in total. The third kappa shape index (κ3) is 4.85. The first kappa shape index (κ1) is 18.5. The van der Waals surface area contributed by atoms with Crippen molar-refractivity contribution in [1.82, 2.24) is 14.8 Å². The number of halogens is 1. The van der Waals surface area contributed by atoms with E-state index < -0.39 is 0 Å². The fourth-order valence-corrected chi connectivity index (χ4v) is 4.01. The van der Waals surface area contributed by atoms with Gasteiger partial charge in [-0.2, -0.15) is 0 Å². The number of anilines is 1. The first-order valence-corrected chi connectivity index (χ1v) is 9.81. The molecule has 1 aliphatic heterocycles. The Morgan fingerprint density at radius 2 is 1.84 bits per heavy atom. The molecule has 0 bridgehead atoms. The van der Waals surface area contributed by atoms with Crippen LogP contribution in [0.2, 0.25) is 5.15 Å². The first-order chi connectivity index (χ1) is 12.0. The van der Waals surface area contributed by atoms with E-state index >= 15 is 0 Å². The standard InChI is InChI=1S/C19H29ClN4O/c1-14(2)23-9-11-24(12-10-23)19(25)15-3-5-16(6-4-15)22-17-7-8-18(20)21-13-17/h7-8,13-16,22H,3-6,9-12H2,1-2H3. The maximum Gasteiger partial charge on any atom is 0.225 e. The summed E-state index contributed by atoms with van der Waals surface area (Å²) in [6.45, 7) is 8.22. The van der Waals surface area contributed by atoms with Gasteiger partial charge in [-0.3, -0.25) is 9.69 Å². The van der Waals surface area contributed by atoms with Crippen molar-refractivity contribution in [3.8, 4) is 0 Å². The molecule has 1 N–H and O–H groups in total. The zero-order valence-corrected chi connectivity index (χ0v) is 16.0. The minimum Gasteiger partial charge on any atom is -0.381 e. The van der Waals surface area contributed by atoms with Crippen molar-refractivity contribution in [3.05, 3.63) is 23.5 Å². The van der Waals surface area contributed by atoms with Gasteiger partial charge >= 0.3 is 0 Å². The summed E-state index contributed by atoms with van der Waals surface area (Å²) in [6, 6.07) is 4.75. The second-order valence-electron chi connectivity index (χ2n) is 7.52. The van der Waals surface area contributed by atoms with E-state index in [1.54, 1.807) is 12.3 Å². The van der Waals surface area contributed by atoms with Crippen molar-refractivity contribution in [3.63, 3.8) is 0 Å². The smallest absolute Gasteiger partial charge is 0.225 e. The molecule has 138 valence electrons. The van der Waals surface area contributed by atoms with Crippen LogP contribution < -0.4 is 5.32 Å². The Balaban J connectivity index is 1.44. The molecule has 1 amide bonds. The van der Waals surface area contributed by atoms with E-state index in [4.69, 9.17) is 11.6 Å². The molecular formula is C19H29ClN4O. The van der Waals surface area contributed by atoms with Crippen LogP contribution in [-0.4, -0.2) is 59.0 Å². The number of pyridine rings is 1. The highest BCUT2D eigenvalue weighted by atomic mass is 35.5. The highest BCUT2D eigenvalue weighted by Gasteiger charge is 2.31. The summed E-state index contributed by atoms with van der Waals surface area (Å²) in [5.41, 5.74) is 1.00. The fourth-order valence-electron chi connectivity index (χ4n) is 3.90. The van der Waals surface area contributed by atoms with Gasteiger partial charge in [-0.05, 0) is 51.7 Å². The van der Waals surface area contributed by atoms with Crippen LogP contribution in [-0.2, 0) is 4.79 Å². The molecule has 1 aromatic rings. The lowest BCUT2D eigenvalue weighted by Crippen LogP contribution is -2.52. The largest absolute Gasteiger partial charge is 0.381 e. The van der Waals surface area contributed by atoms with E-state index in [-0.39, 0.29) is 5.92 Å². The number of nitrogens with zero attached hydrogens (tertiary/aromatic N) is 3. The minimum atomic E-state index is 0.201. The Labute approximate surface area is 155 Å². The zero-order valence-electron chi connectivity index (χ0n) is 15.2. The summed E-state index contributed by atoms with van der Waals surface area (Å²) in [5.74, 6) is 0.571. The Morgan fingerprint density at radius 1 is 1.16 bits per heavy atom. The summed E-state index contributed by atoms with van der Waals surface area (Å²) < 4.78 is 0. The molecule has 6 heteroatoms. The van der Waals surface area contributed by atoms with E-state index in [1.807, 2.05) is 6.07 Å². The molecule has 1 saturated carbocycles. The van der Waals surface area contributed by atoms with E-state index in [2.05, 4.69) is 33.9 Å². The molecule has 0 radical (unpaired) electrons. The second-order valence-corrected chi connectivity index (χ2v) is 7.90. The number of hydrogen-bond acceptors (Lipinski definition) is 4. The molecule has 0 atom stereocenters. The van der Waals surface area contributed by atoms with Gasteiger partial charge in [0.1, 0.15) is 5.15 Å². The van der Waals surface area contributed by atoms with Gasteiger partial charge in [0, 0.05) is 44.2 Å². The number of nitrogens with one attached hydrogen (secondary N) is 1. The van der Waals surface area contributed by atoms with Crippen LogP contribution >= 0.6 is 11.6 Å². The highest BCUT2D eigenvalue weighted by molar-refractivity contribution is 6.29. The molecule has 1 aliphatic carbocycles. The SMILES string of the molecule is CC(C)N1CCN(C(=O)C2CCC(Nc3ccc(Cl)nc3)CC2)CC1. The van der Waals surface area contributed by atoms with Crippen molar-refractivity contribution in [1.29, 1.82) is 0 Å². The molecule has 1 saturated heterocycles. The highest BCUT2D eigenvalue weighted by Crippen LogP contribution is 2.28. The Bertz CT molecular complexity index is 561. The molecule has 2 fully saturated rings. The number of rotatable bonds is 4. The van der Waals surface area contributed by atoms with Gasteiger partial charge in [-0.25, -0.2) is 4.98 Å². The zero-order chi connectivity index (χ0) is 17.8. The van der Waals surface area contributed by atoms with Gasteiger partial charge < -0.3 is 10.2 Å². The lowest BCUT2D eigenvalue weighted by Gasteiger charge is -2.39. The summed E-state index contributed by atoms with van der Waals surface area (Å²) in [6.07, 6.45) is 5.79. The minimum absolute atomic E-state index is 0.201. The van der Waals surface area contributed by atoms with Crippen LogP contribution in [0.15, 0.2) is 18.3 Å². The van der Waals surface area contributed by atoms with Crippen molar-refractivity contribution >= 4 is 23.2 Å². The van der Waals surface area contributed by atoms with Gasteiger partial charge in [0.25, 0.3) is 0 Å². The average Bonchev–Trinajstić information content (AvgIpc) is 2.64. The van der Waals surface area contributed by atoms with E-state index in [0.29, 0.717) is 23.1 Å². The lowest BCUT2D eigenvalue weighted by molar-refractivity contribution is -0.138. The topological polar surface area (TPSA) is 48.5 Å². The Morgan fingerprint density at radius 3 is 2.40 bits per heavy atom. The third-order valence-electron chi connectivity index (χ3n) is 5.53. The van der Waals surface area contributed by atoms with Crippen LogP contribution in [0, 0.1) is 5.92 Å². The number of carbonyl (C=O) groups excluding carboxylic acids is 1. The van der Waals surface area contributed by atoms with Crippen LogP contribution in [0.25, 0.3) is 0 Å². The summed E-state index contributed by atoms with van der Waals surface area (Å²) in [4.78, 5) is 21.4. The molecule has 2 aliphatic rings. The first-order valence-electron chi connectivity index (χ1n) is 9.44. The van der Waals surface area contributed by atoms with Crippen LogP contribution in [0.3, 0.4) is 0 Å². The molecule has 25 heavy (non-hydrogen) atoms. The number of carbonyl (C=O) groups is 1. The van der Waals surface area contributed by atoms with E-state index in [0.717, 1.165) is 57.5 Å². The predicted molar refractivity (Wildman–Crippen MR) is 102 cm³/mol. The average molecular weight is 365 g/mol. The van der Waals surface area contributed by atoms with Gasteiger partial charge in [0.05, 0.1) is 11.9 Å². The van der Waals surface area contributed by atoms with Gasteiger partial charge in [-0.1, -0.05) is 11.6 Å². The molecule has 0 unspecified atom stereocenters. The molecule has 0 aromatic carbocycles. The Kier molecular flexibility index (Phi) is 6.18. The maximum atomic E-state index is 12.8. The molecular weight excluding hydrogens is 336 g/mol.